The maximum atomic E-state index is 12.0. The van der Waals surface area contributed by atoms with Crippen molar-refractivity contribution in [1.29, 1.82) is 0 Å². The normalized spacial score (nSPS) is 13.6. The van der Waals surface area contributed by atoms with Gasteiger partial charge in [-0.3, -0.25) is 24.1 Å². The summed E-state index contributed by atoms with van der Waals surface area (Å²) in [4.78, 5) is 47.7. The van der Waals surface area contributed by atoms with Crippen LogP contribution in [0.1, 0.15) is 85.0 Å². The Labute approximate surface area is 187 Å². The molecule has 8 heteroatoms. The van der Waals surface area contributed by atoms with Gasteiger partial charge in [-0.15, -0.1) is 0 Å². The average molecular weight is 439 g/mol. The van der Waals surface area contributed by atoms with Gasteiger partial charge in [0.1, 0.15) is 0 Å². The number of nitrogens with zero attached hydrogens (tertiary/aromatic N) is 1. The minimum atomic E-state index is -0.607. The van der Waals surface area contributed by atoms with Crippen LogP contribution in [0.25, 0.3) is 0 Å². The lowest BCUT2D eigenvalue weighted by molar-refractivity contribution is -0.137. The molecule has 1 heterocycles. The number of nitrogens with two attached hydrogens (primary N) is 1. The molecule has 0 bridgehead atoms. The van der Waals surface area contributed by atoms with Crippen LogP contribution in [0.4, 0.5) is 0 Å². The maximum Gasteiger partial charge on any atom is 0.253 e. The first-order valence-electron chi connectivity index (χ1n) is 11.8. The number of rotatable bonds is 16. The van der Waals surface area contributed by atoms with Gasteiger partial charge in [0, 0.05) is 38.2 Å². The topological polar surface area (TPSA) is 122 Å². The molecule has 1 unspecified atom stereocenters. The third-order valence-corrected chi connectivity index (χ3v) is 4.87. The van der Waals surface area contributed by atoms with E-state index in [1.807, 2.05) is 13.8 Å². The molecule has 1 aliphatic rings. The summed E-state index contributed by atoms with van der Waals surface area (Å²) >= 11 is 0. The Morgan fingerprint density at radius 3 is 2.16 bits per heavy atom. The Balaban J connectivity index is 0.00000436. The molecule has 1 rings (SSSR count). The van der Waals surface area contributed by atoms with Crippen molar-refractivity contribution < 1.29 is 19.2 Å². The highest BCUT2D eigenvalue weighted by molar-refractivity contribution is 6.12. The number of carbonyl (C=O) groups is 4. The molecule has 0 saturated heterocycles. The number of amides is 4. The average Bonchev–Trinajstić information content (AvgIpc) is 3.09. The Bertz CT molecular complexity index is 560. The predicted molar refractivity (Wildman–Crippen MR) is 123 cm³/mol. The molecular weight excluding hydrogens is 396 g/mol. The zero-order chi connectivity index (χ0) is 23.5. The van der Waals surface area contributed by atoms with Gasteiger partial charge < -0.3 is 16.4 Å². The Morgan fingerprint density at radius 2 is 1.52 bits per heavy atom. The Kier molecular flexibility index (Phi) is 17.2. The fraction of sp³-hybridized carbons (Fsp3) is 0.739. The first-order valence-corrected chi connectivity index (χ1v) is 11.8. The number of nitrogens with one attached hydrogen (secondary N) is 2. The van der Waals surface area contributed by atoms with Crippen LogP contribution in [0.2, 0.25) is 0 Å². The summed E-state index contributed by atoms with van der Waals surface area (Å²) in [6.45, 7) is 7.74. The van der Waals surface area contributed by atoms with E-state index in [-0.39, 0.29) is 23.6 Å². The molecule has 0 aliphatic carbocycles. The lowest BCUT2D eigenvalue weighted by atomic mass is 10.1. The van der Waals surface area contributed by atoms with Gasteiger partial charge in [-0.2, -0.15) is 0 Å². The second-order valence-corrected chi connectivity index (χ2v) is 7.42. The smallest absolute Gasteiger partial charge is 0.253 e. The molecule has 8 nitrogen and oxygen atoms in total. The summed E-state index contributed by atoms with van der Waals surface area (Å²) in [6, 6.07) is -0.607. The fourth-order valence-corrected chi connectivity index (χ4v) is 3.04. The van der Waals surface area contributed by atoms with E-state index in [4.69, 9.17) is 5.73 Å². The molecule has 1 aliphatic heterocycles. The zero-order valence-electron chi connectivity index (χ0n) is 19.6. The second kappa shape index (κ2) is 18.5. The fourth-order valence-electron chi connectivity index (χ4n) is 3.04. The van der Waals surface area contributed by atoms with Crippen molar-refractivity contribution in [1.82, 2.24) is 15.5 Å². The van der Waals surface area contributed by atoms with Crippen LogP contribution < -0.4 is 16.4 Å². The molecule has 178 valence electrons. The van der Waals surface area contributed by atoms with Gasteiger partial charge in [0.25, 0.3) is 11.8 Å². The number of hydrogen-bond donors (Lipinski definition) is 3. The van der Waals surface area contributed by atoms with E-state index in [0.29, 0.717) is 38.8 Å². The summed E-state index contributed by atoms with van der Waals surface area (Å²) in [6.07, 6.45) is 10.8. The van der Waals surface area contributed by atoms with Crippen molar-refractivity contribution in [2.45, 2.75) is 91.0 Å². The summed E-state index contributed by atoms with van der Waals surface area (Å²) in [5, 5.41) is 5.71. The second-order valence-electron chi connectivity index (χ2n) is 7.42. The minimum absolute atomic E-state index is 0.0645. The molecule has 0 fully saturated rings. The summed E-state index contributed by atoms with van der Waals surface area (Å²) in [5.74, 6) is -0.723. The molecule has 0 radical (unpaired) electrons. The number of hydrogen-bond acceptors (Lipinski definition) is 5. The molecule has 0 spiro atoms. The highest BCUT2D eigenvalue weighted by Gasteiger charge is 2.22. The highest BCUT2D eigenvalue weighted by Crippen LogP contribution is 2.07. The van der Waals surface area contributed by atoms with Crippen molar-refractivity contribution in [3.63, 3.8) is 0 Å². The molecule has 0 aromatic heterocycles. The summed E-state index contributed by atoms with van der Waals surface area (Å²) < 4.78 is 0. The third kappa shape index (κ3) is 13.6. The Morgan fingerprint density at radius 1 is 0.903 bits per heavy atom. The zero-order valence-corrected chi connectivity index (χ0v) is 19.6. The largest absolute Gasteiger partial charge is 0.356 e. The third-order valence-electron chi connectivity index (χ3n) is 4.87. The minimum Gasteiger partial charge on any atom is -0.356 e. The first-order chi connectivity index (χ1) is 15.0. The van der Waals surface area contributed by atoms with E-state index in [2.05, 4.69) is 17.6 Å². The predicted octanol–water partition coefficient (Wildman–Crippen LogP) is 2.42. The molecule has 4 amide bonds. The van der Waals surface area contributed by atoms with Gasteiger partial charge in [0.05, 0.1) is 6.04 Å². The lowest BCUT2D eigenvalue weighted by Crippen LogP contribution is -2.41. The maximum absolute atomic E-state index is 12.0. The molecule has 1 atom stereocenters. The van der Waals surface area contributed by atoms with Gasteiger partial charge in [-0.05, 0) is 38.5 Å². The van der Waals surface area contributed by atoms with Crippen LogP contribution in [0.5, 0.6) is 0 Å². The van der Waals surface area contributed by atoms with Crippen LogP contribution in [-0.2, 0) is 19.2 Å². The van der Waals surface area contributed by atoms with Gasteiger partial charge in [-0.1, -0.05) is 40.0 Å². The van der Waals surface area contributed by atoms with Gasteiger partial charge in [0.2, 0.25) is 11.8 Å². The van der Waals surface area contributed by atoms with Crippen LogP contribution in [0.3, 0.4) is 0 Å². The number of imide groups is 1. The molecule has 0 aromatic carbocycles. The SMILES string of the molecule is CC.CCCCCCNC(=O)CCCCNC(=O)C(N)CCCCN1C(=O)C=CC1=O. The van der Waals surface area contributed by atoms with Crippen molar-refractivity contribution in [3.05, 3.63) is 12.2 Å². The molecule has 4 N–H and O–H groups in total. The van der Waals surface area contributed by atoms with Crippen LogP contribution in [0.15, 0.2) is 12.2 Å². The molecule has 31 heavy (non-hydrogen) atoms. The number of carbonyl (C=O) groups excluding carboxylic acids is 4. The lowest BCUT2D eigenvalue weighted by Gasteiger charge is -2.15. The van der Waals surface area contributed by atoms with Gasteiger partial charge in [0.15, 0.2) is 0 Å². The first kappa shape index (κ1) is 28.8. The van der Waals surface area contributed by atoms with E-state index in [0.717, 1.165) is 32.2 Å². The van der Waals surface area contributed by atoms with Crippen molar-refractivity contribution in [3.8, 4) is 0 Å². The quantitative estimate of drug-likeness (QED) is 0.252. The van der Waals surface area contributed by atoms with Gasteiger partial charge in [-0.25, -0.2) is 0 Å². The van der Waals surface area contributed by atoms with Crippen LogP contribution in [0, 0.1) is 0 Å². The van der Waals surface area contributed by atoms with Crippen LogP contribution >= 0.6 is 0 Å². The van der Waals surface area contributed by atoms with E-state index in [1.165, 1.54) is 29.9 Å². The van der Waals surface area contributed by atoms with Crippen molar-refractivity contribution in [2.24, 2.45) is 5.73 Å². The molecule has 0 aromatic rings. The molecular formula is C23H42N4O4. The van der Waals surface area contributed by atoms with Crippen molar-refractivity contribution >= 4 is 23.6 Å². The summed E-state index contributed by atoms with van der Waals surface area (Å²) in [7, 11) is 0. The number of unbranched alkanes of at least 4 members (excludes halogenated alkanes) is 5. The highest BCUT2D eigenvalue weighted by atomic mass is 16.2. The van der Waals surface area contributed by atoms with E-state index >= 15 is 0 Å². The van der Waals surface area contributed by atoms with Crippen LogP contribution in [-0.4, -0.2) is 54.2 Å². The van der Waals surface area contributed by atoms with E-state index < -0.39 is 6.04 Å². The van der Waals surface area contributed by atoms with Crippen molar-refractivity contribution in [2.75, 3.05) is 19.6 Å². The van der Waals surface area contributed by atoms with Gasteiger partial charge >= 0.3 is 0 Å². The monoisotopic (exact) mass is 438 g/mol. The van der Waals surface area contributed by atoms with E-state index in [9.17, 15) is 19.2 Å². The van der Waals surface area contributed by atoms with E-state index in [1.54, 1.807) is 0 Å². The standard InChI is InChI=1S/C21H36N4O4.C2H6/c1-2-3-4-7-14-23-18(26)11-5-8-15-24-21(29)17(22)10-6-9-16-25-19(27)12-13-20(25)28;1-2/h12-13,17H,2-11,14-16,22H2,1H3,(H,23,26)(H,24,29);1-2H3. The summed E-state index contributed by atoms with van der Waals surface area (Å²) in [5.41, 5.74) is 5.88. The Hall–Kier alpha value is -2.22. The molecule has 0 saturated carbocycles.